The van der Waals surface area contributed by atoms with Crippen LogP contribution in [0.3, 0.4) is 0 Å². The van der Waals surface area contributed by atoms with Crippen LogP contribution in [0.2, 0.25) is 0 Å². The van der Waals surface area contributed by atoms with E-state index in [9.17, 15) is 0 Å². The molecule has 2 radical (unpaired) electrons. The second-order valence-electron chi connectivity index (χ2n) is 0.378. The first-order chi connectivity index (χ1) is 2.00. The third kappa shape index (κ3) is 124. The average Bonchev–Trinajstić information content (AvgIpc) is 0.722. The van der Waals surface area contributed by atoms with Gasteiger partial charge in [-0.15, -0.1) is 0 Å². The van der Waals surface area contributed by atoms with Crippen LogP contribution in [0.5, 0.6) is 0 Å². The van der Waals surface area contributed by atoms with E-state index in [2.05, 4.69) is 0 Å². The van der Waals surface area contributed by atoms with Gasteiger partial charge in [-0.2, -0.15) is 0 Å². The van der Waals surface area contributed by atoms with Crippen molar-refractivity contribution in [1.82, 2.24) is 0 Å². The molecule has 0 aromatic heterocycles. The summed E-state index contributed by atoms with van der Waals surface area (Å²) >= 11 is -5.62. The molecule has 0 aromatic carbocycles. The maximum absolute atomic E-state index is 8.58. The van der Waals surface area contributed by atoms with Crippen LogP contribution in [-0.4, -0.2) is 0 Å². The average molecular weight is 244 g/mol. The van der Waals surface area contributed by atoms with Gasteiger partial charge in [0.15, 0.2) is 0 Å². The second kappa shape index (κ2) is 8.65. The zero-order valence-electron chi connectivity index (χ0n) is 3.68. The fourth-order valence-electron chi connectivity index (χ4n) is 0. The monoisotopic (exact) mass is 244 g/mol. The molecule has 0 atom stereocenters. The molecular formula is Co2LiMnO4+3. The summed E-state index contributed by atoms with van der Waals surface area (Å²) in [6, 6.07) is 0. The van der Waals surface area contributed by atoms with Crippen molar-refractivity contribution in [3.05, 3.63) is 0 Å². The van der Waals surface area contributed by atoms with E-state index in [-0.39, 0.29) is 52.4 Å². The molecular weight excluding hydrogens is 244 g/mol. The van der Waals surface area contributed by atoms with Crippen LogP contribution >= 0.6 is 0 Å². The Bertz CT molecular complexity index is 97.2. The van der Waals surface area contributed by atoms with Crippen LogP contribution < -0.4 is 27.2 Å². The summed E-state index contributed by atoms with van der Waals surface area (Å²) in [5.74, 6) is 0. The maximum atomic E-state index is 8.58. The predicted molar refractivity (Wildman–Crippen MR) is 1.37 cm³/mol. The fraction of sp³-hybridized carbons (Fsp3) is 0. The standard InChI is InChI=1S/2Co.Li.Mn.4O/q2*+2;+1;;;;2*-1. The summed E-state index contributed by atoms with van der Waals surface area (Å²) in [6.07, 6.45) is 0. The van der Waals surface area contributed by atoms with Crippen LogP contribution in [0.4, 0.5) is 0 Å². The van der Waals surface area contributed by atoms with Crippen molar-refractivity contribution in [3.8, 4) is 0 Å². The summed E-state index contributed by atoms with van der Waals surface area (Å²) in [5.41, 5.74) is 0. The Kier molecular flexibility index (Phi) is 24.5. The van der Waals surface area contributed by atoms with Gasteiger partial charge in [0.25, 0.3) is 0 Å². The molecule has 0 heterocycles. The van der Waals surface area contributed by atoms with Crippen LogP contribution in [-0.2, 0) is 54.6 Å². The first kappa shape index (κ1) is 22.6. The summed E-state index contributed by atoms with van der Waals surface area (Å²) in [6.45, 7) is 0. The molecule has 0 aliphatic rings. The fourth-order valence-corrected chi connectivity index (χ4v) is 0. The Morgan fingerprint density at radius 1 is 1.00 bits per heavy atom. The third-order valence-corrected chi connectivity index (χ3v) is 0. The molecule has 0 aliphatic heterocycles. The molecule has 0 amide bonds. The van der Waals surface area contributed by atoms with E-state index >= 15 is 0 Å². The van der Waals surface area contributed by atoms with Crippen LogP contribution in [0, 0.1) is 0 Å². The van der Waals surface area contributed by atoms with Crippen molar-refractivity contribution in [1.29, 1.82) is 0 Å². The normalized spacial score (nSPS) is 7.25. The zero-order chi connectivity index (χ0) is 4.50. The number of hydrogen-bond acceptors (Lipinski definition) is 4. The number of hydrogen-bond donors (Lipinski definition) is 0. The molecule has 8 heteroatoms. The van der Waals surface area contributed by atoms with Gasteiger partial charge < -0.3 is 0 Å². The molecule has 0 aliphatic carbocycles. The van der Waals surface area contributed by atoms with Crippen molar-refractivity contribution < 1.29 is 81.8 Å². The molecule has 0 rings (SSSR count). The Labute approximate surface area is 81.3 Å². The third-order valence-electron chi connectivity index (χ3n) is 0. The molecule has 0 aromatic rings. The molecule has 47 valence electrons. The van der Waals surface area contributed by atoms with Gasteiger partial charge >= 0.3 is 81.8 Å². The van der Waals surface area contributed by atoms with Crippen molar-refractivity contribution in [2.24, 2.45) is 0 Å². The van der Waals surface area contributed by atoms with E-state index in [0.717, 1.165) is 0 Å². The molecule has 4 nitrogen and oxygen atoms in total. The van der Waals surface area contributed by atoms with E-state index in [1.807, 2.05) is 0 Å². The van der Waals surface area contributed by atoms with Crippen molar-refractivity contribution in [2.45, 2.75) is 0 Å². The van der Waals surface area contributed by atoms with Crippen LogP contribution in [0.25, 0.3) is 0 Å². The van der Waals surface area contributed by atoms with E-state index in [4.69, 9.17) is 16.0 Å². The van der Waals surface area contributed by atoms with Crippen LogP contribution in [0.1, 0.15) is 0 Å². The van der Waals surface area contributed by atoms with Gasteiger partial charge in [0.1, 0.15) is 0 Å². The Morgan fingerprint density at radius 2 is 1.00 bits per heavy atom. The number of rotatable bonds is 0. The van der Waals surface area contributed by atoms with Gasteiger partial charge in [0, 0.05) is 0 Å². The Morgan fingerprint density at radius 3 is 1.00 bits per heavy atom. The minimum atomic E-state index is -5.62. The topological polar surface area (TPSA) is 80.3 Å². The molecule has 0 bridgehead atoms. The van der Waals surface area contributed by atoms with E-state index in [1.165, 1.54) is 0 Å². The van der Waals surface area contributed by atoms with E-state index in [0.29, 0.717) is 0 Å². The van der Waals surface area contributed by atoms with Crippen molar-refractivity contribution >= 4 is 0 Å². The first-order valence-corrected chi connectivity index (χ1v) is 2.54. The van der Waals surface area contributed by atoms with Gasteiger partial charge in [0.2, 0.25) is 0 Å². The zero-order valence-corrected chi connectivity index (χ0v) is 6.94. The van der Waals surface area contributed by atoms with Crippen LogP contribution in [0.15, 0.2) is 0 Å². The molecule has 0 N–H and O–H groups in total. The quantitative estimate of drug-likeness (QED) is 0.398. The van der Waals surface area contributed by atoms with Gasteiger partial charge in [-0.1, -0.05) is 0 Å². The van der Waals surface area contributed by atoms with Gasteiger partial charge in [-0.25, -0.2) is 0 Å². The van der Waals surface area contributed by atoms with Gasteiger partial charge in [-0.3, -0.25) is 0 Å². The molecule has 0 saturated carbocycles. The van der Waals surface area contributed by atoms with E-state index < -0.39 is 13.4 Å². The second-order valence-corrected chi connectivity index (χ2v) is 1.56. The predicted octanol–water partition coefficient (Wildman–Crippen LogP) is -5.62. The molecule has 8 heavy (non-hydrogen) atoms. The molecule has 0 fully saturated rings. The molecule has 0 unspecified atom stereocenters. The minimum absolute atomic E-state index is 0. The Balaban J connectivity index is -0.0000000267. The molecule has 0 saturated heterocycles. The summed E-state index contributed by atoms with van der Waals surface area (Å²) in [7, 11) is 0. The molecule has 0 spiro atoms. The van der Waals surface area contributed by atoms with Crippen molar-refractivity contribution in [3.63, 3.8) is 0 Å². The summed E-state index contributed by atoms with van der Waals surface area (Å²) in [5, 5.41) is 0. The van der Waals surface area contributed by atoms with E-state index in [1.54, 1.807) is 0 Å². The van der Waals surface area contributed by atoms with Gasteiger partial charge in [0.05, 0.1) is 0 Å². The summed E-state index contributed by atoms with van der Waals surface area (Å²) in [4.78, 5) is 0. The SMILES string of the molecule is [Co+2].[Co+2].[Li+].[O]=[Mn](=[O])([O-])[O-]. The van der Waals surface area contributed by atoms with Crippen molar-refractivity contribution in [2.75, 3.05) is 0 Å². The first-order valence-electron chi connectivity index (χ1n) is 0.617. The Hall–Kier alpha value is 1.65. The van der Waals surface area contributed by atoms with Gasteiger partial charge in [-0.05, 0) is 0 Å². The summed E-state index contributed by atoms with van der Waals surface area (Å²) < 4.78 is 34.3.